The maximum Gasteiger partial charge on any atom is 0.344 e. The molecule has 2 saturated heterocycles. The molecule has 0 saturated carbocycles. The number of hydrogen-bond donors (Lipinski definition) is 3. The minimum atomic E-state index is -0.978. The molecule has 2 aliphatic rings. The van der Waals surface area contributed by atoms with E-state index in [0.717, 1.165) is 11.4 Å². The molecule has 0 radical (unpaired) electrons. The molecule has 5 amide bonds. The van der Waals surface area contributed by atoms with E-state index >= 15 is 0 Å². The van der Waals surface area contributed by atoms with Gasteiger partial charge in [0, 0.05) is 32.7 Å². The number of piperazine rings is 1. The van der Waals surface area contributed by atoms with Gasteiger partial charge >= 0.3 is 6.03 Å². The third-order valence-electron chi connectivity index (χ3n) is 4.98. The lowest BCUT2D eigenvalue weighted by Gasteiger charge is -2.34. The van der Waals surface area contributed by atoms with Crippen LogP contribution in [-0.2, 0) is 14.4 Å². The highest BCUT2D eigenvalue weighted by Crippen LogP contribution is 2.19. The first-order valence-corrected chi connectivity index (χ1v) is 9.46. The van der Waals surface area contributed by atoms with Crippen molar-refractivity contribution in [3.8, 4) is 0 Å². The molecule has 2 aliphatic heterocycles. The van der Waals surface area contributed by atoms with Crippen LogP contribution >= 0.6 is 0 Å². The summed E-state index contributed by atoms with van der Waals surface area (Å²) in [4.78, 5) is 52.2. The van der Waals surface area contributed by atoms with Crippen LogP contribution < -0.4 is 16.1 Å². The maximum atomic E-state index is 12.3. The van der Waals surface area contributed by atoms with Crippen LogP contribution in [0.15, 0.2) is 0 Å². The van der Waals surface area contributed by atoms with Crippen LogP contribution in [0.5, 0.6) is 0 Å². The van der Waals surface area contributed by atoms with Crippen LogP contribution in [0.2, 0.25) is 0 Å². The van der Waals surface area contributed by atoms with Crippen molar-refractivity contribution < 1.29 is 19.2 Å². The first-order valence-electron chi connectivity index (χ1n) is 9.46. The summed E-state index contributed by atoms with van der Waals surface area (Å²) in [6, 6.07) is -0.611. The molecule has 10 heteroatoms. The molecule has 27 heavy (non-hydrogen) atoms. The summed E-state index contributed by atoms with van der Waals surface area (Å²) in [5.74, 6) is -0.847. The molecule has 0 spiro atoms. The Kier molecular flexibility index (Phi) is 7.14. The average molecular weight is 382 g/mol. The molecule has 10 nitrogen and oxygen atoms in total. The van der Waals surface area contributed by atoms with Gasteiger partial charge in [-0.2, -0.15) is 5.01 Å². The molecule has 2 heterocycles. The molecule has 3 N–H and O–H groups in total. The zero-order valence-corrected chi connectivity index (χ0v) is 16.3. The number of imide groups is 1. The summed E-state index contributed by atoms with van der Waals surface area (Å²) in [5.41, 5.74) is 1.42. The summed E-state index contributed by atoms with van der Waals surface area (Å²) < 4.78 is 0. The second kappa shape index (κ2) is 9.14. The van der Waals surface area contributed by atoms with Crippen molar-refractivity contribution >= 4 is 23.8 Å². The monoisotopic (exact) mass is 382 g/mol. The molecule has 2 fully saturated rings. The van der Waals surface area contributed by atoms with Crippen molar-refractivity contribution in [3.63, 3.8) is 0 Å². The van der Waals surface area contributed by atoms with Gasteiger partial charge in [-0.1, -0.05) is 13.8 Å². The fourth-order valence-electron chi connectivity index (χ4n) is 3.02. The Bertz CT molecular complexity index is 590. The summed E-state index contributed by atoms with van der Waals surface area (Å²) in [6.45, 7) is 9.22. The zero-order chi connectivity index (χ0) is 20.0. The van der Waals surface area contributed by atoms with E-state index in [-0.39, 0.29) is 12.5 Å². The summed E-state index contributed by atoms with van der Waals surface area (Å²) in [7, 11) is 0. The molecule has 0 aromatic rings. The fourth-order valence-corrected chi connectivity index (χ4v) is 3.02. The van der Waals surface area contributed by atoms with Crippen LogP contribution in [0.4, 0.5) is 4.79 Å². The Morgan fingerprint density at radius 1 is 1.04 bits per heavy atom. The number of amides is 5. The van der Waals surface area contributed by atoms with Crippen molar-refractivity contribution in [2.24, 2.45) is 0 Å². The van der Waals surface area contributed by atoms with E-state index in [2.05, 4.69) is 16.1 Å². The zero-order valence-electron chi connectivity index (χ0n) is 16.3. The summed E-state index contributed by atoms with van der Waals surface area (Å²) >= 11 is 0. The van der Waals surface area contributed by atoms with Gasteiger partial charge in [0.15, 0.2) is 0 Å². The van der Waals surface area contributed by atoms with E-state index in [1.54, 1.807) is 13.8 Å². The highest BCUT2D eigenvalue weighted by molar-refractivity contribution is 6.07. The van der Waals surface area contributed by atoms with Crippen molar-refractivity contribution in [1.29, 1.82) is 0 Å². The predicted molar refractivity (Wildman–Crippen MR) is 98.4 cm³/mol. The van der Waals surface area contributed by atoms with Crippen molar-refractivity contribution in [2.45, 2.75) is 39.2 Å². The van der Waals surface area contributed by atoms with Gasteiger partial charge in [0.25, 0.3) is 11.8 Å². The molecule has 0 bridgehead atoms. The Hall–Kier alpha value is -2.20. The van der Waals surface area contributed by atoms with E-state index in [4.69, 9.17) is 0 Å². The van der Waals surface area contributed by atoms with Gasteiger partial charge in [0.1, 0.15) is 5.54 Å². The lowest BCUT2D eigenvalue weighted by Crippen LogP contribution is -2.54. The number of hydrazine groups is 1. The number of rotatable bonds is 8. The lowest BCUT2D eigenvalue weighted by molar-refractivity contribution is -0.139. The molecular formula is C17H30N6O4. The minimum Gasteiger partial charge on any atom is -0.355 e. The van der Waals surface area contributed by atoms with Gasteiger partial charge in [-0.05, 0) is 19.8 Å². The normalized spacial score (nSPS) is 24.0. The average Bonchev–Trinajstić information content (AvgIpc) is 2.85. The van der Waals surface area contributed by atoms with Crippen LogP contribution in [0, 0.1) is 0 Å². The molecule has 0 aromatic heterocycles. The van der Waals surface area contributed by atoms with Crippen LogP contribution in [0.1, 0.15) is 33.6 Å². The van der Waals surface area contributed by atoms with Gasteiger partial charge in [-0.3, -0.25) is 29.6 Å². The van der Waals surface area contributed by atoms with Gasteiger partial charge in [-0.25, -0.2) is 4.79 Å². The van der Waals surface area contributed by atoms with E-state index < -0.39 is 23.4 Å². The maximum absolute atomic E-state index is 12.3. The number of nitrogens with zero attached hydrogens (tertiary/aromatic N) is 3. The van der Waals surface area contributed by atoms with Crippen molar-refractivity contribution in [3.05, 3.63) is 0 Å². The number of carbonyl (C=O) groups is 4. The number of urea groups is 1. The second-order valence-corrected chi connectivity index (χ2v) is 7.19. The van der Waals surface area contributed by atoms with Gasteiger partial charge in [0.2, 0.25) is 5.91 Å². The molecular weight excluding hydrogens is 352 g/mol. The fraction of sp³-hybridized carbons (Fsp3) is 0.765. The highest BCUT2D eigenvalue weighted by Gasteiger charge is 2.47. The Balaban J connectivity index is 1.74. The summed E-state index contributed by atoms with van der Waals surface area (Å²) in [5, 5.41) is 6.21. The van der Waals surface area contributed by atoms with Crippen molar-refractivity contribution in [1.82, 2.24) is 30.9 Å². The first kappa shape index (κ1) is 21.1. The Morgan fingerprint density at radius 3 is 2.07 bits per heavy atom. The number of hydrogen-bond acceptors (Lipinski definition) is 6. The van der Waals surface area contributed by atoms with Crippen LogP contribution in [-0.4, -0.2) is 89.9 Å². The lowest BCUT2D eigenvalue weighted by atomic mass is 10.00. The Morgan fingerprint density at radius 2 is 1.59 bits per heavy atom. The number of carbonyl (C=O) groups excluding carboxylic acids is 4. The Labute approximate surface area is 159 Å². The molecule has 1 atom stereocenters. The highest BCUT2D eigenvalue weighted by atomic mass is 16.2. The van der Waals surface area contributed by atoms with E-state index in [9.17, 15) is 19.2 Å². The summed E-state index contributed by atoms with van der Waals surface area (Å²) in [6.07, 6.45) is 1.35. The minimum absolute atomic E-state index is 0.0144. The topological polar surface area (TPSA) is 114 Å². The molecule has 2 rings (SSSR count). The van der Waals surface area contributed by atoms with E-state index in [0.29, 0.717) is 45.7 Å². The molecule has 0 aromatic carbocycles. The first-order chi connectivity index (χ1) is 12.8. The van der Waals surface area contributed by atoms with Gasteiger partial charge < -0.3 is 10.6 Å². The predicted octanol–water partition coefficient (Wildman–Crippen LogP) is -1.12. The third kappa shape index (κ3) is 5.39. The quantitative estimate of drug-likeness (QED) is 0.458. The molecule has 152 valence electrons. The third-order valence-corrected chi connectivity index (χ3v) is 4.98. The number of nitrogens with one attached hydrogen (secondary N) is 3. The second-order valence-electron chi connectivity index (χ2n) is 7.19. The largest absolute Gasteiger partial charge is 0.355 e. The molecule has 1 unspecified atom stereocenters. The smallest absolute Gasteiger partial charge is 0.344 e. The van der Waals surface area contributed by atoms with E-state index in [1.807, 2.05) is 16.7 Å². The standard InChI is InChI=1S/C17H30N6O4/c1-4-6-18-13(24)11-21-7-9-22(10-8-21)12-14(25)20-23-15(26)17(3,5-2)19-16(23)27/h4-12H2,1-3H3,(H,18,24)(H,19,27)(H,20,25). The SMILES string of the molecule is CCCNC(=O)CN1CCN(CC(=O)NN2C(=O)NC(C)(CC)C2=O)CC1. The van der Waals surface area contributed by atoms with Crippen LogP contribution in [0.25, 0.3) is 0 Å². The van der Waals surface area contributed by atoms with Crippen molar-refractivity contribution in [2.75, 3.05) is 45.8 Å². The van der Waals surface area contributed by atoms with Gasteiger partial charge in [-0.15, -0.1) is 0 Å². The van der Waals surface area contributed by atoms with E-state index in [1.165, 1.54) is 0 Å². The molecule has 0 aliphatic carbocycles. The van der Waals surface area contributed by atoms with Crippen LogP contribution in [0.3, 0.4) is 0 Å². The van der Waals surface area contributed by atoms with Gasteiger partial charge in [0.05, 0.1) is 13.1 Å².